The van der Waals surface area contributed by atoms with Crippen LogP contribution in [0.2, 0.25) is 0 Å². The lowest BCUT2D eigenvalue weighted by Gasteiger charge is -2.01. The second kappa shape index (κ2) is 5.30. The number of anilines is 1. The molecule has 0 aliphatic carbocycles. The average molecular weight is 178 g/mol. The first-order chi connectivity index (χ1) is 6.36. The Balaban J connectivity index is 2.50. The van der Waals surface area contributed by atoms with Gasteiger partial charge in [0.1, 0.15) is 12.1 Å². The summed E-state index contributed by atoms with van der Waals surface area (Å²) in [4.78, 5) is 14.4. The molecule has 1 heterocycles. The Bertz CT molecular complexity index is 273. The van der Waals surface area contributed by atoms with E-state index >= 15 is 0 Å². The maximum atomic E-state index is 10.1. The highest BCUT2D eigenvalue weighted by Gasteiger charge is 1.95. The van der Waals surface area contributed by atoms with E-state index in [9.17, 15) is 4.79 Å². The van der Waals surface area contributed by atoms with E-state index in [1.165, 1.54) is 0 Å². The molecule has 13 heavy (non-hydrogen) atoms. The number of carbonyl (C=O) groups excluding carboxylic acids is 1. The Labute approximate surface area is 78.2 Å². The number of unbranched alkanes of at least 4 members (excludes halogenated alkanes) is 1. The minimum absolute atomic E-state index is 0.617. The van der Waals surface area contributed by atoms with Crippen LogP contribution in [0.25, 0.3) is 0 Å². The lowest BCUT2D eigenvalue weighted by atomic mass is 10.2. The molecule has 0 unspecified atom stereocenters. The van der Waals surface area contributed by atoms with Crippen molar-refractivity contribution in [3.8, 4) is 0 Å². The summed E-state index contributed by atoms with van der Waals surface area (Å²) in [6, 6.07) is 5.87. The maximum Gasteiger partial charge on any atom is 0.125 e. The van der Waals surface area contributed by atoms with E-state index < -0.39 is 0 Å². The molecule has 0 saturated carbocycles. The van der Waals surface area contributed by atoms with E-state index in [1.54, 1.807) is 0 Å². The van der Waals surface area contributed by atoms with Crippen LogP contribution in [0.5, 0.6) is 0 Å². The van der Waals surface area contributed by atoms with Gasteiger partial charge in [-0.25, -0.2) is 4.98 Å². The molecule has 0 spiro atoms. The van der Waals surface area contributed by atoms with Crippen LogP contribution in [0.4, 0.5) is 5.82 Å². The van der Waals surface area contributed by atoms with E-state index in [1.807, 2.05) is 25.2 Å². The summed E-state index contributed by atoms with van der Waals surface area (Å²) >= 11 is 0. The third-order valence-electron chi connectivity index (χ3n) is 1.82. The third-order valence-corrected chi connectivity index (χ3v) is 1.82. The third kappa shape index (κ3) is 3.23. The van der Waals surface area contributed by atoms with Crippen LogP contribution in [0.1, 0.15) is 18.5 Å². The van der Waals surface area contributed by atoms with Gasteiger partial charge in [-0.2, -0.15) is 0 Å². The SMILES string of the molecule is CNc1cccc(CCCC=O)n1. The fraction of sp³-hybridized carbons (Fsp3) is 0.400. The standard InChI is InChI=1S/C10H14N2O/c1-11-10-7-4-6-9(12-10)5-2-3-8-13/h4,6-8H,2-3,5H2,1H3,(H,11,12). The molecule has 1 N–H and O–H groups in total. The Morgan fingerprint density at radius 3 is 3.08 bits per heavy atom. The van der Waals surface area contributed by atoms with Gasteiger partial charge in [-0.3, -0.25) is 0 Å². The van der Waals surface area contributed by atoms with Crippen molar-refractivity contribution in [3.63, 3.8) is 0 Å². The first kappa shape index (κ1) is 9.71. The zero-order valence-electron chi connectivity index (χ0n) is 7.79. The number of aromatic nitrogens is 1. The average Bonchev–Trinajstić information content (AvgIpc) is 2.19. The van der Waals surface area contributed by atoms with Crippen LogP contribution in [0, 0.1) is 0 Å². The largest absolute Gasteiger partial charge is 0.373 e. The minimum Gasteiger partial charge on any atom is -0.373 e. The molecule has 1 aromatic rings. The van der Waals surface area contributed by atoms with Gasteiger partial charge in [0.05, 0.1) is 0 Å². The molecule has 0 aliphatic heterocycles. The van der Waals surface area contributed by atoms with Gasteiger partial charge < -0.3 is 10.1 Å². The molecule has 0 aliphatic rings. The predicted octanol–water partition coefficient (Wildman–Crippen LogP) is 1.64. The van der Waals surface area contributed by atoms with E-state index in [2.05, 4.69) is 10.3 Å². The van der Waals surface area contributed by atoms with Gasteiger partial charge in [-0.1, -0.05) is 6.07 Å². The van der Waals surface area contributed by atoms with Crippen molar-refractivity contribution in [2.24, 2.45) is 0 Å². The molecule has 3 heteroatoms. The summed E-state index contributed by atoms with van der Waals surface area (Å²) in [6.07, 6.45) is 3.31. The highest BCUT2D eigenvalue weighted by molar-refractivity contribution is 5.49. The summed E-state index contributed by atoms with van der Waals surface area (Å²) in [5, 5.41) is 2.98. The van der Waals surface area contributed by atoms with Crippen molar-refractivity contribution in [2.45, 2.75) is 19.3 Å². The number of aldehydes is 1. The van der Waals surface area contributed by atoms with E-state index in [0.29, 0.717) is 6.42 Å². The van der Waals surface area contributed by atoms with Gasteiger partial charge in [0.15, 0.2) is 0 Å². The first-order valence-corrected chi connectivity index (χ1v) is 4.44. The van der Waals surface area contributed by atoms with E-state index in [0.717, 1.165) is 30.6 Å². The van der Waals surface area contributed by atoms with Gasteiger partial charge in [0.25, 0.3) is 0 Å². The summed E-state index contributed by atoms with van der Waals surface area (Å²) in [5.41, 5.74) is 1.04. The molecule has 1 aromatic heterocycles. The monoisotopic (exact) mass is 178 g/mol. The zero-order chi connectivity index (χ0) is 9.52. The molecule has 0 saturated heterocycles. The predicted molar refractivity (Wildman–Crippen MR) is 52.8 cm³/mol. The van der Waals surface area contributed by atoms with Crippen molar-refractivity contribution in [2.75, 3.05) is 12.4 Å². The molecule has 0 atom stereocenters. The Hall–Kier alpha value is -1.38. The molecular formula is C10H14N2O. The van der Waals surface area contributed by atoms with Crippen molar-refractivity contribution in [3.05, 3.63) is 23.9 Å². The Morgan fingerprint density at radius 1 is 1.54 bits per heavy atom. The van der Waals surface area contributed by atoms with Crippen molar-refractivity contribution < 1.29 is 4.79 Å². The number of hydrogen-bond donors (Lipinski definition) is 1. The second-order valence-electron chi connectivity index (χ2n) is 2.82. The number of pyridine rings is 1. The zero-order valence-corrected chi connectivity index (χ0v) is 7.79. The van der Waals surface area contributed by atoms with Gasteiger partial charge in [0, 0.05) is 19.2 Å². The molecule has 70 valence electrons. The van der Waals surface area contributed by atoms with Crippen molar-refractivity contribution in [1.29, 1.82) is 0 Å². The fourth-order valence-electron chi connectivity index (χ4n) is 1.12. The first-order valence-electron chi connectivity index (χ1n) is 4.44. The van der Waals surface area contributed by atoms with Crippen LogP contribution in [0.3, 0.4) is 0 Å². The molecular weight excluding hydrogens is 164 g/mol. The van der Waals surface area contributed by atoms with Crippen LogP contribution in [-0.4, -0.2) is 18.3 Å². The lowest BCUT2D eigenvalue weighted by Crippen LogP contribution is -1.96. The quantitative estimate of drug-likeness (QED) is 0.550. The molecule has 1 rings (SSSR count). The number of nitrogens with zero attached hydrogens (tertiary/aromatic N) is 1. The van der Waals surface area contributed by atoms with E-state index in [-0.39, 0.29) is 0 Å². The van der Waals surface area contributed by atoms with Gasteiger partial charge in [-0.15, -0.1) is 0 Å². The number of aryl methyl sites for hydroxylation is 1. The van der Waals surface area contributed by atoms with Crippen molar-refractivity contribution in [1.82, 2.24) is 4.98 Å². The lowest BCUT2D eigenvalue weighted by molar-refractivity contribution is -0.107. The second-order valence-corrected chi connectivity index (χ2v) is 2.82. The van der Waals surface area contributed by atoms with Crippen LogP contribution in [-0.2, 0) is 11.2 Å². The molecule has 0 radical (unpaired) electrons. The molecule has 0 bridgehead atoms. The molecule has 0 fully saturated rings. The minimum atomic E-state index is 0.617. The number of nitrogens with one attached hydrogen (secondary N) is 1. The van der Waals surface area contributed by atoms with Crippen molar-refractivity contribution >= 4 is 12.1 Å². The van der Waals surface area contributed by atoms with Crippen LogP contribution >= 0.6 is 0 Å². The van der Waals surface area contributed by atoms with Gasteiger partial charge in [-0.05, 0) is 25.0 Å². The highest BCUT2D eigenvalue weighted by Crippen LogP contribution is 2.06. The smallest absolute Gasteiger partial charge is 0.125 e. The van der Waals surface area contributed by atoms with Gasteiger partial charge >= 0.3 is 0 Å². The van der Waals surface area contributed by atoms with Crippen LogP contribution in [0.15, 0.2) is 18.2 Å². The summed E-state index contributed by atoms with van der Waals surface area (Å²) in [5.74, 6) is 0.878. The fourth-order valence-corrected chi connectivity index (χ4v) is 1.12. The summed E-state index contributed by atoms with van der Waals surface area (Å²) in [7, 11) is 1.84. The summed E-state index contributed by atoms with van der Waals surface area (Å²) in [6.45, 7) is 0. The van der Waals surface area contributed by atoms with E-state index in [4.69, 9.17) is 0 Å². The van der Waals surface area contributed by atoms with Gasteiger partial charge in [0.2, 0.25) is 0 Å². The summed E-state index contributed by atoms with van der Waals surface area (Å²) < 4.78 is 0. The topological polar surface area (TPSA) is 42.0 Å². The number of carbonyl (C=O) groups is 1. The number of hydrogen-bond acceptors (Lipinski definition) is 3. The Morgan fingerprint density at radius 2 is 2.38 bits per heavy atom. The molecule has 0 amide bonds. The molecule has 3 nitrogen and oxygen atoms in total. The molecule has 0 aromatic carbocycles. The van der Waals surface area contributed by atoms with Crippen LogP contribution < -0.4 is 5.32 Å². The highest BCUT2D eigenvalue weighted by atomic mass is 16.1. The Kier molecular flexibility index (Phi) is 3.96. The normalized spacial score (nSPS) is 9.62. The number of rotatable bonds is 5. The maximum absolute atomic E-state index is 10.1.